The van der Waals surface area contributed by atoms with Crippen LogP contribution in [0, 0.1) is 0 Å². The number of aliphatic hydroxyl groups is 1. The molecule has 0 bridgehead atoms. The Morgan fingerprint density at radius 2 is 1.14 bits per heavy atom. The predicted octanol–water partition coefficient (Wildman–Crippen LogP) is 1.28. The lowest BCUT2D eigenvalue weighted by molar-refractivity contribution is -0.141. The predicted molar refractivity (Wildman–Crippen MR) is 294 cm³/mol. The summed E-state index contributed by atoms with van der Waals surface area (Å²) in [5.41, 5.74) is 3.61. The van der Waals surface area contributed by atoms with Gasteiger partial charge in [-0.15, -0.1) is 0 Å². The maximum absolute atomic E-state index is 14.6. The van der Waals surface area contributed by atoms with Crippen molar-refractivity contribution < 1.29 is 53.4 Å². The van der Waals surface area contributed by atoms with E-state index in [0.717, 1.165) is 76.3 Å². The highest BCUT2D eigenvalue weighted by atomic mass is 32.2. The smallest absolute Gasteiger partial charge is 0.327 e. The third kappa shape index (κ3) is 17.9. The molecule has 1 saturated heterocycles. The fourth-order valence-electron chi connectivity index (χ4n) is 9.13. The molecule has 6 unspecified atom stereocenters. The lowest BCUT2D eigenvalue weighted by Crippen LogP contribution is -2.57. The Hall–Kier alpha value is -7.76. The van der Waals surface area contributed by atoms with Crippen LogP contribution in [-0.2, 0) is 62.4 Å². The number of carboxylic acids is 1. The molecule has 3 heterocycles. The molecule has 23 heteroatoms. The molecule has 8 amide bonds. The van der Waals surface area contributed by atoms with Gasteiger partial charge < -0.3 is 67.6 Å². The second-order valence-corrected chi connectivity index (χ2v) is 20.4. The van der Waals surface area contributed by atoms with Gasteiger partial charge >= 0.3 is 5.97 Å². The minimum Gasteiger partial charge on any atom is -0.480 e. The maximum Gasteiger partial charge on any atom is 0.327 e. The van der Waals surface area contributed by atoms with Gasteiger partial charge in [0.05, 0.1) is 18.3 Å². The van der Waals surface area contributed by atoms with Gasteiger partial charge in [-0.05, 0) is 55.3 Å². The standard InChI is InChI=1S/C55H71N11O11S/c1-56-23-14-5-3-4-9-21-47(68)62-41(25-34-15-7-6-8-16-34)51(72)60-31-48(69)63-43(27-36-30-59-40-20-13-11-18-38(36)40)53(74)65-42(26-35-29-58-39-19-12-10-17-37(35)39)52(73)61-32-49(70)64-44(55(76)77)33-78-45-28-50(71)66(54(45)75)24-22-46(67)57-2/h6-8,10-13,15-20,29-30,41-45,54,56,58-59,75H,3-5,9,14,21-28,31-33H2,1-2H3,(H,57,67)(H,60,72)(H,61,73)(H,62,68)(H,63,69)(H,64,70)(H,65,74)(H,76,77). The first-order chi connectivity index (χ1) is 37.6. The highest BCUT2D eigenvalue weighted by Crippen LogP contribution is 2.29. The Morgan fingerprint density at radius 1 is 0.615 bits per heavy atom. The van der Waals surface area contributed by atoms with Gasteiger partial charge in [0.25, 0.3) is 0 Å². The van der Waals surface area contributed by atoms with Crippen molar-refractivity contribution in [1.82, 2.24) is 57.4 Å². The number of rotatable bonds is 32. The number of hydrogen-bond donors (Lipinski definition) is 12. The van der Waals surface area contributed by atoms with Crippen molar-refractivity contribution in [1.29, 1.82) is 0 Å². The van der Waals surface area contributed by atoms with Crippen molar-refractivity contribution in [2.45, 2.75) is 106 Å². The second-order valence-electron chi connectivity index (χ2n) is 19.1. The Balaban J connectivity index is 1.13. The Labute approximate surface area is 456 Å². The van der Waals surface area contributed by atoms with Crippen molar-refractivity contribution in [3.05, 3.63) is 108 Å². The van der Waals surface area contributed by atoms with Crippen molar-refractivity contribution in [3.63, 3.8) is 0 Å². The van der Waals surface area contributed by atoms with Crippen molar-refractivity contribution in [2.75, 3.05) is 46.0 Å². The van der Waals surface area contributed by atoms with Gasteiger partial charge in [0.2, 0.25) is 47.3 Å². The lowest BCUT2D eigenvalue weighted by Gasteiger charge is -2.24. The molecule has 6 atom stereocenters. The summed E-state index contributed by atoms with van der Waals surface area (Å²) in [6, 6.07) is 18.6. The number of benzene rings is 3. The number of thioether (sulfide) groups is 1. The highest BCUT2D eigenvalue weighted by Gasteiger charge is 2.40. The van der Waals surface area contributed by atoms with Gasteiger partial charge in [0.15, 0.2) is 0 Å². The van der Waals surface area contributed by atoms with Gasteiger partial charge in [0, 0.05) is 92.1 Å². The molecule has 1 aliphatic heterocycles. The Morgan fingerprint density at radius 3 is 1.73 bits per heavy atom. The SMILES string of the molecule is CNCCCCCCCC(=O)NC(Cc1ccccc1)C(=O)NCC(=O)NC(Cc1c[nH]c2ccccc12)C(=O)NC(Cc1c[nH]c2ccccc12)C(=O)NCC(=O)NC(CSC1CC(=O)N(CCC(=O)NC)C1O)C(=O)O. The first-order valence-electron chi connectivity index (χ1n) is 26.2. The number of aliphatic hydroxyl groups excluding tert-OH is 1. The van der Waals surface area contributed by atoms with E-state index in [1.165, 1.54) is 7.05 Å². The number of aromatic amines is 2. The number of aliphatic carboxylic acids is 1. The van der Waals surface area contributed by atoms with Gasteiger partial charge in [-0.2, -0.15) is 11.8 Å². The molecule has 5 aromatic rings. The number of hydrogen-bond acceptors (Lipinski definition) is 12. The monoisotopic (exact) mass is 1090 g/mol. The van der Waals surface area contributed by atoms with Crippen molar-refractivity contribution >= 4 is 86.8 Å². The molecule has 1 aliphatic rings. The summed E-state index contributed by atoms with van der Waals surface area (Å²) in [5.74, 6) is -6.49. The number of carboxylic acid groups (broad SMARTS) is 1. The van der Waals surface area contributed by atoms with Crippen molar-refractivity contribution in [2.24, 2.45) is 0 Å². The Kier molecular flexibility index (Phi) is 23.1. The van der Waals surface area contributed by atoms with E-state index in [2.05, 4.69) is 52.5 Å². The number of nitrogens with one attached hydrogen (secondary N) is 10. The average molecular weight is 1090 g/mol. The number of para-hydroxylation sites is 2. The summed E-state index contributed by atoms with van der Waals surface area (Å²) < 4.78 is 0. The number of amides is 8. The molecule has 418 valence electrons. The fourth-order valence-corrected chi connectivity index (χ4v) is 10.4. The maximum atomic E-state index is 14.6. The topological polar surface area (TPSA) is 325 Å². The van der Waals surface area contributed by atoms with Crippen LogP contribution >= 0.6 is 11.8 Å². The number of nitrogens with zero attached hydrogens (tertiary/aromatic N) is 1. The number of carbonyl (C=O) groups is 9. The van der Waals surface area contributed by atoms with Gasteiger partial charge in [0.1, 0.15) is 30.4 Å². The first kappa shape index (κ1) is 59.5. The van der Waals surface area contributed by atoms with Crippen LogP contribution < -0.4 is 42.5 Å². The van der Waals surface area contributed by atoms with Crippen LogP contribution in [0.1, 0.15) is 68.1 Å². The molecule has 78 heavy (non-hydrogen) atoms. The van der Waals surface area contributed by atoms with E-state index in [1.54, 1.807) is 12.4 Å². The first-order valence-corrected chi connectivity index (χ1v) is 27.2. The van der Waals surface area contributed by atoms with Crippen LogP contribution in [0.3, 0.4) is 0 Å². The summed E-state index contributed by atoms with van der Waals surface area (Å²) in [6.07, 6.45) is 6.79. The van der Waals surface area contributed by atoms with E-state index in [1.807, 2.05) is 85.9 Å². The normalized spacial score (nSPS) is 15.7. The molecular weight excluding hydrogens is 1020 g/mol. The summed E-state index contributed by atoms with van der Waals surface area (Å²) in [4.78, 5) is 127. The number of carbonyl (C=O) groups excluding carboxylic acids is 8. The molecule has 6 rings (SSSR count). The largest absolute Gasteiger partial charge is 0.480 e. The van der Waals surface area contributed by atoms with E-state index < -0.39 is 90.1 Å². The highest BCUT2D eigenvalue weighted by molar-refractivity contribution is 8.00. The summed E-state index contributed by atoms with van der Waals surface area (Å²) in [6.45, 7) is -0.375. The molecule has 12 N–H and O–H groups in total. The second kappa shape index (κ2) is 30.3. The van der Waals surface area contributed by atoms with Gasteiger partial charge in [-0.25, -0.2) is 4.79 Å². The Bertz CT molecular complexity index is 2860. The van der Waals surface area contributed by atoms with Crippen LogP contribution in [-0.4, -0.2) is 160 Å². The van der Waals surface area contributed by atoms with Crippen LogP contribution in [0.15, 0.2) is 91.3 Å². The van der Waals surface area contributed by atoms with Crippen LogP contribution in [0.2, 0.25) is 0 Å². The lowest BCUT2D eigenvalue weighted by atomic mass is 10.0. The fraction of sp³-hybridized carbons (Fsp3) is 0.436. The van der Waals surface area contributed by atoms with Gasteiger partial charge in [-0.1, -0.05) is 86.0 Å². The van der Waals surface area contributed by atoms with Gasteiger partial charge in [-0.3, -0.25) is 38.4 Å². The minimum absolute atomic E-state index is 0.0337. The number of aromatic nitrogens is 2. The van der Waals surface area contributed by atoms with Crippen LogP contribution in [0.5, 0.6) is 0 Å². The zero-order valence-electron chi connectivity index (χ0n) is 43.9. The molecule has 0 spiro atoms. The van der Waals surface area contributed by atoms with E-state index in [0.29, 0.717) is 17.5 Å². The third-order valence-corrected chi connectivity index (χ3v) is 14.8. The minimum atomic E-state index is -1.49. The van der Waals surface area contributed by atoms with Crippen LogP contribution in [0.4, 0.5) is 0 Å². The molecule has 2 aromatic heterocycles. The van der Waals surface area contributed by atoms with Crippen molar-refractivity contribution in [3.8, 4) is 0 Å². The van der Waals surface area contributed by atoms with E-state index >= 15 is 0 Å². The number of fused-ring (bicyclic) bond motifs is 2. The average Bonchev–Trinajstić information content (AvgIpc) is 4.12. The molecule has 22 nitrogen and oxygen atoms in total. The summed E-state index contributed by atoms with van der Waals surface area (Å²) >= 11 is 0.962. The van der Waals surface area contributed by atoms with E-state index in [4.69, 9.17) is 0 Å². The molecule has 1 fully saturated rings. The number of H-pyrrole nitrogens is 2. The quantitative estimate of drug-likeness (QED) is 0.0271. The molecule has 0 saturated carbocycles. The summed E-state index contributed by atoms with van der Waals surface area (Å²) in [5, 5.41) is 43.0. The van der Waals surface area contributed by atoms with E-state index in [-0.39, 0.29) is 62.6 Å². The molecule has 0 aliphatic carbocycles. The molecular formula is C55H71N11O11S. The van der Waals surface area contributed by atoms with Crippen LogP contribution in [0.25, 0.3) is 21.8 Å². The summed E-state index contributed by atoms with van der Waals surface area (Å²) in [7, 11) is 3.35. The molecule has 3 aromatic carbocycles. The van der Waals surface area contributed by atoms with E-state index in [9.17, 15) is 53.4 Å². The zero-order chi connectivity index (χ0) is 56.0. The number of likely N-dealkylation sites (tertiary alicyclic amines) is 1. The third-order valence-electron chi connectivity index (χ3n) is 13.4. The number of unbranched alkanes of at least 4 members (excludes halogenated alkanes) is 4. The zero-order valence-corrected chi connectivity index (χ0v) is 44.7. The molecule has 0 radical (unpaired) electrons.